The van der Waals surface area contributed by atoms with E-state index >= 15 is 0 Å². The van der Waals surface area contributed by atoms with Gasteiger partial charge in [0.1, 0.15) is 6.10 Å². The number of benzene rings is 3. The number of ether oxygens (including phenoxy) is 1. The average Bonchev–Trinajstić information content (AvgIpc) is 2.96. The molecule has 1 atom stereocenters. The average molecular weight is 516 g/mol. The summed E-state index contributed by atoms with van der Waals surface area (Å²) in [4.78, 5) is 17.7. The van der Waals surface area contributed by atoms with Gasteiger partial charge in [-0.3, -0.25) is 14.6 Å². The Hall–Kier alpha value is -3.22. The van der Waals surface area contributed by atoms with Crippen LogP contribution in [-0.2, 0) is 6.54 Å². The van der Waals surface area contributed by atoms with Crippen LogP contribution in [-0.4, -0.2) is 54.0 Å². The zero-order valence-corrected chi connectivity index (χ0v) is 22.2. The van der Waals surface area contributed by atoms with Gasteiger partial charge in [-0.2, -0.15) is 0 Å². The molecule has 1 unspecified atom stereocenters. The van der Waals surface area contributed by atoms with Gasteiger partial charge in [0.2, 0.25) is 0 Å². The summed E-state index contributed by atoms with van der Waals surface area (Å²) in [7, 11) is 0. The molecule has 2 heterocycles. The fourth-order valence-electron chi connectivity index (χ4n) is 5.59. The Labute approximate surface area is 225 Å². The molecule has 2 fully saturated rings. The molecule has 5 rings (SSSR count). The van der Waals surface area contributed by atoms with Gasteiger partial charge in [0.25, 0.3) is 5.91 Å². The van der Waals surface area contributed by atoms with Crippen LogP contribution in [0.2, 0.25) is 0 Å². The van der Waals surface area contributed by atoms with Gasteiger partial charge < -0.3 is 10.1 Å². The largest absolute Gasteiger partial charge is 0.487 e. The molecular weight excluding hydrogens is 477 g/mol. The number of amides is 1. The lowest BCUT2D eigenvalue weighted by Crippen LogP contribution is -2.44. The number of hydrogen-bond donors (Lipinski definition) is 1. The number of piperidine rings is 2. The maximum absolute atomic E-state index is 14.9. The minimum absolute atomic E-state index is 0.0236. The van der Waals surface area contributed by atoms with Crippen LogP contribution < -0.4 is 10.1 Å². The molecule has 3 aromatic rings. The van der Waals surface area contributed by atoms with Crippen molar-refractivity contribution in [2.75, 3.05) is 26.2 Å². The molecule has 38 heavy (non-hydrogen) atoms. The van der Waals surface area contributed by atoms with Crippen LogP contribution in [0.1, 0.15) is 60.1 Å². The molecular formula is C32H38FN3O2. The lowest BCUT2D eigenvalue weighted by atomic mass is 10.0. The number of carbonyl (C=O) groups is 1. The van der Waals surface area contributed by atoms with Crippen LogP contribution in [0.3, 0.4) is 0 Å². The number of carbonyl (C=O) groups excluding carboxylic acids is 1. The highest BCUT2D eigenvalue weighted by Crippen LogP contribution is 2.27. The van der Waals surface area contributed by atoms with Crippen molar-refractivity contribution >= 4 is 5.91 Å². The van der Waals surface area contributed by atoms with Crippen LogP contribution in [0.25, 0.3) is 0 Å². The summed E-state index contributed by atoms with van der Waals surface area (Å²) in [5.41, 5.74) is 2.96. The van der Waals surface area contributed by atoms with Crippen LogP contribution in [0.15, 0.2) is 78.9 Å². The van der Waals surface area contributed by atoms with Gasteiger partial charge in [0.05, 0.1) is 0 Å². The van der Waals surface area contributed by atoms with E-state index in [0.29, 0.717) is 11.6 Å². The van der Waals surface area contributed by atoms with Crippen molar-refractivity contribution < 1.29 is 13.9 Å². The van der Waals surface area contributed by atoms with Crippen molar-refractivity contribution in [1.82, 2.24) is 15.1 Å². The van der Waals surface area contributed by atoms with Gasteiger partial charge in [-0.15, -0.1) is 0 Å². The number of nitrogens with zero attached hydrogens (tertiary/aromatic N) is 2. The fourth-order valence-corrected chi connectivity index (χ4v) is 5.59. The summed E-state index contributed by atoms with van der Waals surface area (Å²) in [6.45, 7) is 6.85. The molecule has 5 nitrogen and oxygen atoms in total. The third kappa shape index (κ3) is 6.80. The Balaban J connectivity index is 1.07. The van der Waals surface area contributed by atoms with E-state index < -0.39 is 5.82 Å². The Kier molecular flexibility index (Phi) is 8.72. The molecule has 0 aromatic heterocycles. The SMILES string of the molecule is CC(c1ccccc1)N1CCC(Oc2ccc(C(=O)NC3CCN(Cc4ccccc4)CC3)cc2F)CC1. The number of nitrogens with one attached hydrogen (secondary N) is 1. The topological polar surface area (TPSA) is 44.8 Å². The predicted molar refractivity (Wildman–Crippen MR) is 149 cm³/mol. The number of hydrogen-bond acceptors (Lipinski definition) is 4. The molecule has 1 N–H and O–H groups in total. The Morgan fingerprint density at radius 1 is 0.921 bits per heavy atom. The highest BCUT2D eigenvalue weighted by Gasteiger charge is 2.26. The van der Waals surface area contributed by atoms with Gasteiger partial charge in [-0.1, -0.05) is 60.7 Å². The van der Waals surface area contributed by atoms with Crippen molar-refractivity contribution in [3.05, 3.63) is 101 Å². The second-order valence-electron chi connectivity index (χ2n) is 10.6. The number of halogens is 1. The molecule has 200 valence electrons. The molecule has 0 aliphatic carbocycles. The van der Waals surface area contributed by atoms with Crippen molar-refractivity contribution in [2.45, 2.75) is 57.3 Å². The van der Waals surface area contributed by atoms with E-state index in [4.69, 9.17) is 4.74 Å². The molecule has 2 aliphatic heterocycles. The minimum Gasteiger partial charge on any atom is -0.487 e. The van der Waals surface area contributed by atoms with Crippen LogP contribution in [0, 0.1) is 5.82 Å². The first-order valence-corrected chi connectivity index (χ1v) is 13.9. The maximum Gasteiger partial charge on any atom is 0.251 e. The van der Waals surface area contributed by atoms with Crippen LogP contribution >= 0.6 is 0 Å². The summed E-state index contributed by atoms with van der Waals surface area (Å²) in [5.74, 6) is -0.471. The van der Waals surface area contributed by atoms with E-state index in [1.54, 1.807) is 12.1 Å². The van der Waals surface area contributed by atoms with Gasteiger partial charge in [-0.05, 0) is 61.9 Å². The van der Waals surface area contributed by atoms with E-state index in [2.05, 4.69) is 70.6 Å². The normalized spacial score (nSPS) is 18.7. The summed E-state index contributed by atoms with van der Waals surface area (Å²) < 4.78 is 20.9. The lowest BCUT2D eigenvalue weighted by molar-refractivity contribution is 0.0771. The Bertz CT molecular complexity index is 1170. The van der Waals surface area contributed by atoms with Gasteiger partial charge >= 0.3 is 0 Å². The summed E-state index contributed by atoms with van der Waals surface area (Å²) >= 11 is 0. The summed E-state index contributed by atoms with van der Waals surface area (Å²) in [6.07, 6.45) is 3.46. The minimum atomic E-state index is -0.476. The predicted octanol–water partition coefficient (Wildman–Crippen LogP) is 5.82. The quantitative estimate of drug-likeness (QED) is 0.410. The first-order valence-electron chi connectivity index (χ1n) is 13.9. The van der Waals surface area contributed by atoms with Gasteiger partial charge in [0, 0.05) is 50.4 Å². The van der Waals surface area contributed by atoms with Crippen LogP contribution in [0.5, 0.6) is 5.75 Å². The molecule has 6 heteroatoms. The Morgan fingerprint density at radius 3 is 2.24 bits per heavy atom. The standard InChI is InChI=1S/C32H38FN3O2/c1-24(26-10-6-3-7-11-26)36-20-16-29(17-21-36)38-31-13-12-27(22-30(31)33)32(37)34-28-14-18-35(19-15-28)23-25-8-4-2-5-9-25/h2-13,22,24,28-29H,14-21,23H2,1H3,(H,34,37). The molecule has 2 saturated heterocycles. The second kappa shape index (κ2) is 12.5. The number of likely N-dealkylation sites (tertiary alicyclic amines) is 2. The third-order valence-corrected chi connectivity index (χ3v) is 7.97. The fraction of sp³-hybridized carbons (Fsp3) is 0.406. The van der Waals surface area contributed by atoms with Gasteiger partial charge in [0.15, 0.2) is 11.6 Å². The van der Waals surface area contributed by atoms with E-state index in [9.17, 15) is 9.18 Å². The number of rotatable bonds is 8. The van der Waals surface area contributed by atoms with Crippen molar-refractivity contribution in [2.24, 2.45) is 0 Å². The molecule has 0 radical (unpaired) electrons. The maximum atomic E-state index is 14.9. The zero-order valence-electron chi connectivity index (χ0n) is 22.2. The van der Waals surface area contributed by atoms with Gasteiger partial charge in [-0.25, -0.2) is 4.39 Å². The van der Waals surface area contributed by atoms with E-state index in [1.165, 1.54) is 17.2 Å². The molecule has 0 saturated carbocycles. The third-order valence-electron chi connectivity index (χ3n) is 7.97. The molecule has 1 amide bonds. The molecule has 3 aromatic carbocycles. The first kappa shape index (κ1) is 26.4. The monoisotopic (exact) mass is 515 g/mol. The van der Waals surface area contributed by atoms with Crippen LogP contribution in [0.4, 0.5) is 4.39 Å². The second-order valence-corrected chi connectivity index (χ2v) is 10.6. The highest BCUT2D eigenvalue weighted by atomic mass is 19.1. The highest BCUT2D eigenvalue weighted by molar-refractivity contribution is 5.94. The van der Waals surface area contributed by atoms with Crippen molar-refractivity contribution in [1.29, 1.82) is 0 Å². The Morgan fingerprint density at radius 2 is 1.58 bits per heavy atom. The van der Waals surface area contributed by atoms with E-state index in [0.717, 1.165) is 58.4 Å². The molecule has 0 spiro atoms. The molecule has 2 aliphatic rings. The lowest BCUT2D eigenvalue weighted by Gasteiger charge is -2.36. The summed E-state index contributed by atoms with van der Waals surface area (Å²) in [5, 5.41) is 3.10. The van der Waals surface area contributed by atoms with E-state index in [1.807, 2.05) is 12.1 Å². The van der Waals surface area contributed by atoms with Crippen molar-refractivity contribution in [3.8, 4) is 5.75 Å². The van der Waals surface area contributed by atoms with E-state index in [-0.39, 0.29) is 23.8 Å². The van der Waals surface area contributed by atoms with Crippen molar-refractivity contribution in [3.63, 3.8) is 0 Å². The first-order chi connectivity index (χ1) is 18.5. The smallest absolute Gasteiger partial charge is 0.251 e. The zero-order chi connectivity index (χ0) is 26.3. The molecule has 0 bridgehead atoms. The summed E-state index contributed by atoms with van der Waals surface area (Å²) in [6, 6.07) is 26.0.